The number of ether oxygens (including phenoxy) is 1. The molecule has 1 amide bonds. The molecule has 0 saturated heterocycles. The summed E-state index contributed by atoms with van der Waals surface area (Å²) in [5.41, 5.74) is 1.49. The fraction of sp³-hybridized carbons (Fsp3) is 0.111. The van der Waals surface area contributed by atoms with E-state index in [4.69, 9.17) is 4.74 Å². The summed E-state index contributed by atoms with van der Waals surface area (Å²) in [6, 6.07) is 17.3. The van der Waals surface area contributed by atoms with Gasteiger partial charge in [-0.1, -0.05) is 36.4 Å². The first-order valence-corrected chi connectivity index (χ1v) is 7.03. The molecule has 0 atom stereocenters. The van der Waals surface area contributed by atoms with Crippen LogP contribution in [0.1, 0.15) is 15.9 Å². The van der Waals surface area contributed by atoms with Crippen molar-refractivity contribution in [3.63, 3.8) is 0 Å². The van der Waals surface area contributed by atoms with Crippen LogP contribution >= 0.6 is 0 Å². The van der Waals surface area contributed by atoms with E-state index in [0.29, 0.717) is 18.0 Å². The predicted octanol–water partition coefficient (Wildman–Crippen LogP) is 3.17. The lowest BCUT2D eigenvalue weighted by atomic mass is 10.1. The molecule has 1 N–H and O–H groups in total. The van der Waals surface area contributed by atoms with Crippen molar-refractivity contribution in [1.29, 1.82) is 0 Å². The maximum absolute atomic E-state index is 12.3. The number of benzene rings is 2. The number of fused-ring (bicyclic) bond motifs is 1. The highest BCUT2D eigenvalue weighted by atomic mass is 16.5. The maximum atomic E-state index is 12.3. The van der Waals surface area contributed by atoms with E-state index < -0.39 is 0 Å². The third-order valence-corrected chi connectivity index (χ3v) is 3.49. The third-order valence-electron chi connectivity index (χ3n) is 3.49. The molecule has 0 fully saturated rings. The molecule has 0 spiro atoms. The maximum Gasteiger partial charge on any atom is 0.251 e. The zero-order valence-electron chi connectivity index (χ0n) is 12.2. The predicted molar refractivity (Wildman–Crippen MR) is 85.9 cm³/mol. The summed E-state index contributed by atoms with van der Waals surface area (Å²) < 4.78 is 5.18. The van der Waals surface area contributed by atoms with E-state index >= 15 is 0 Å². The largest absolute Gasteiger partial charge is 0.481 e. The van der Waals surface area contributed by atoms with Crippen molar-refractivity contribution in [3.8, 4) is 5.88 Å². The van der Waals surface area contributed by atoms with E-state index in [1.165, 1.54) is 0 Å². The van der Waals surface area contributed by atoms with Gasteiger partial charge >= 0.3 is 0 Å². The Labute approximate surface area is 128 Å². The van der Waals surface area contributed by atoms with Crippen molar-refractivity contribution < 1.29 is 9.53 Å². The Balaban J connectivity index is 1.75. The zero-order chi connectivity index (χ0) is 15.4. The van der Waals surface area contributed by atoms with Crippen molar-refractivity contribution in [1.82, 2.24) is 10.3 Å². The average molecular weight is 292 g/mol. The molecule has 2 aromatic carbocycles. The molecule has 0 aliphatic heterocycles. The first kappa shape index (κ1) is 14.1. The fourth-order valence-corrected chi connectivity index (χ4v) is 2.35. The number of aromatic nitrogens is 1. The van der Waals surface area contributed by atoms with Gasteiger partial charge in [0.1, 0.15) is 0 Å². The number of carbonyl (C=O) groups excluding carboxylic acids is 1. The minimum Gasteiger partial charge on any atom is -0.481 e. The van der Waals surface area contributed by atoms with Gasteiger partial charge in [-0.3, -0.25) is 4.79 Å². The first-order chi connectivity index (χ1) is 10.8. The van der Waals surface area contributed by atoms with Crippen molar-refractivity contribution in [2.75, 3.05) is 7.11 Å². The van der Waals surface area contributed by atoms with Gasteiger partial charge < -0.3 is 10.1 Å². The Morgan fingerprint density at radius 1 is 1.09 bits per heavy atom. The monoisotopic (exact) mass is 292 g/mol. The second kappa shape index (κ2) is 6.26. The number of rotatable bonds is 4. The van der Waals surface area contributed by atoms with Gasteiger partial charge in [0, 0.05) is 23.9 Å². The molecule has 110 valence electrons. The van der Waals surface area contributed by atoms with Crippen LogP contribution in [0.5, 0.6) is 5.88 Å². The Hall–Kier alpha value is -2.88. The highest BCUT2D eigenvalue weighted by molar-refractivity contribution is 5.98. The van der Waals surface area contributed by atoms with Crippen LogP contribution in [-0.2, 0) is 6.54 Å². The van der Waals surface area contributed by atoms with Gasteiger partial charge in [0.25, 0.3) is 5.91 Å². The summed E-state index contributed by atoms with van der Waals surface area (Å²) in [6.07, 6.45) is 1.66. The second-order valence-corrected chi connectivity index (χ2v) is 4.92. The number of nitrogens with one attached hydrogen (secondary N) is 1. The number of hydrogen-bond acceptors (Lipinski definition) is 3. The van der Waals surface area contributed by atoms with Gasteiger partial charge in [-0.2, -0.15) is 0 Å². The fourth-order valence-electron chi connectivity index (χ4n) is 2.35. The van der Waals surface area contributed by atoms with Gasteiger partial charge in [0.05, 0.1) is 7.11 Å². The molecule has 1 heterocycles. The quantitative estimate of drug-likeness (QED) is 0.803. The van der Waals surface area contributed by atoms with Gasteiger partial charge in [-0.05, 0) is 29.0 Å². The summed E-state index contributed by atoms with van der Waals surface area (Å²) in [4.78, 5) is 16.4. The van der Waals surface area contributed by atoms with E-state index in [0.717, 1.165) is 16.3 Å². The van der Waals surface area contributed by atoms with Crippen molar-refractivity contribution >= 4 is 16.7 Å². The Morgan fingerprint density at radius 2 is 1.91 bits per heavy atom. The minimum absolute atomic E-state index is 0.114. The number of amides is 1. The SMILES string of the molecule is COc1ncccc1CNC(=O)c1ccc2ccccc2c1. The number of hydrogen-bond donors (Lipinski definition) is 1. The van der Waals surface area contributed by atoms with Crippen LogP contribution in [0.15, 0.2) is 60.8 Å². The molecule has 0 saturated carbocycles. The van der Waals surface area contributed by atoms with Crippen molar-refractivity contribution in [3.05, 3.63) is 71.9 Å². The average Bonchev–Trinajstić information content (AvgIpc) is 2.59. The zero-order valence-corrected chi connectivity index (χ0v) is 12.2. The van der Waals surface area contributed by atoms with E-state index in [1.54, 1.807) is 13.3 Å². The topological polar surface area (TPSA) is 51.2 Å². The van der Waals surface area contributed by atoms with Crippen LogP contribution in [0.3, 0.4) is 0 Å². The van der Waals surface area contributed by atoms with Gasteiger partial charge in [-0.15, -0.1) is 0 Å². The van der Waals surface area contributed by atoms with Crippen LogP contribution in [0.2, 0.25) is 0 Å². The molecular formula is C18H16N2O2. The lowest BCUT2D eigenvalue weighted by molar-refractivity contribution is 0.0951. The Morgan fingerprint density at radius 3 is 2.73 bits per heavy atom. The number of pyridine rings is 1. The smallest absolute Gasteiger partial charge is 0.251 e. The molecular weight excluding hydrogens is 276 g/mol. The Bertz CT molecular complexity index is 815. The van der Waals surface area contributed by atoms with Gasteiger partial charge in [0.15, 0.2) is 0 Å². The number of nitrogens with zero attached hydrogens (tertiary/aromatic N) is 1. The van der Waals surface area contributed by atoms with E-state index in [2.05, 4.69) is 10.3 Å². The van der Waals surface area contributed by atoms with Crippen LogP contribution in [-0.4, -0.2) is 18.0 Å². The van der Waals surface area contributed by atoms with E-state index in [-0.39, 0.29) is 5.91 Å². The molecule has 3 rings (SSSR count). The molecule has 4 heteroatoms. The molecule has 0 unspecified atom stereocenters. The summed E-state index contributed by atoms with van der Waals surface area (Å²) in [5.74, 6) is 0.415. The highest BCUT2D eigenvalue weighted by Crippen LogP contribution is 2.16. The lowest BCUT2D eigenvalue weighted by Crippen LogP contribution is -2.23. The van der Waals surface area contributed by atoms with Gasteiger partial charge in [-0.25, -0.2) is 4.98 Å². The van der Waals surface area contributed by atoms with E-state index in [1.807, 2.05) is 54.6 Å². The highest BCUT2D eigenvalue weighted by Gasteiger charge is 2.08. The standard InChI is InChI=1S/C18H16N2O2/c1-22-18-16(7-4-10-19-18)12-20-17(21)15-9-8-13-5-2-3-6-14(13)11-15/h2-11H,12H2,1H3,(H,20,21). The molecule has 3 aromatic rings. The van der Waals surface area contributed by atoms with Gasteiger partial charge in [0.2, 0.25) is 5.88 Å². The van der Waals surface area contributed by atoms with Crippen molar-refractivity contribution in [2.45, 2.75) is 6.54 Å². The second-order valence-electron chi connectivity index (χ2n) is 4.92. The van der Waals surface area contributed by atoms with Crippen LogP contribution in [0.4, 0.5) is 0 Å². The summed E-state index contributed by atoms with van der Waals surface area (Å²) in [6.45, 7) is 0.378. The lowest BCUT2D eigenvalue weighted by Gasteiger charge is -2.09. The molecule has 0 aliphatic carbocycles. The molecule has 22 heavy (non-hydrogen) atoms. The minimum atomic E-state index is -0.114. The molecule has 0 bridgehead atoms. The molecule has 4 nitrogen and oxygen atoms in total. The molecule has 0 radical (unpaired) electrons. The molecule has 1 aromatic heterocycles. The van der Waals surface area contributed by atoms with Crippen LogP contribution in [0.25, 0.3) is 10.8 Å². The molecule has 0 aliphatic rings. The van der Waals surface area contributed by atoms with Crippen LogP contribution < -0.4 is 10.1 Å². The number of carbonyl (C=O) groups is 1. The first-order valence-electron chi connectivity index (χ1n) is 7.03. The summed E-state index contributed by atoms with van der Waals surface area (Å²) in [7, 11) is 1.57. The number of methoxy groups -OCH3 is 1. The van der Waals surface area contributed by atoms with Crippen molar-refractivity contribution in [2.24, 2.45) is 0 Å². The van der Waals surface area contributed by atoms with E-state index in [9.17, 15) is 4.79 Å². The van der Waals surface area contributed by atoms with Crippen LogP contribution in [0, 0.1) is 0 Å². The Kier molecular flexibility index (Phi) is 4.01. The third kappa shape index (κ3) is 2.91. The normalized spacial score (nSPS) is 10.4. The summed E-state index contributed by atoms with van der Waals surface area (Å²) >= 11 is 0. The summed E-state index contributed by atoms with van der Waals surface area (Å²) in [5, 5.41) is 5.06.